The molecule has 0 spiro atoms. The normalized spacial score (nSPS) is 13.0. The first kappa shape index (κ1) is 69.0. The predicted molar refractivity (Wildman–Crippen MR) is 469 cm³/mol. The summed E-state index contributed by atoms with van der Waals surface area (Å²) in [7, 11) is -6.32. The molecule has 2 aromatic heterocycles. The fourth-order valence-electron chi connectivity index (χ4n) is 15.5. The van der Waals surface area contributed by atoms with Gasteiger partial charge in [-0.15, -0.1) is 22.7 Å². The lowest BCUT2D eigenvalue weighted by Crippen LogP contribution is -2.21. The number of anilines is 12. The SMILES string of the molecule is C=S1(=O)c2ccccc2N(c2ccc(-c3ccc4c(=O)c5ccc(-c6ccc(N7c8ccccc8S(=O)(=O)c8ccccc87)cc6)cc5sc4c3)cc2)c2ccccc21.O=c1c2ccc(-c3ccc(N(c4ccccc4)c4ccccc4)cc3)cc2sc2cc(-c3ccc(N(c4ccccc4)c4ccccc4)cc3)ccc12. The minimum absolute atomic E-state index is 0.000602. The van der Waals surface area contributed by atoms with Crippen LogP contribution in [-0.4, -0.2) is 18.5 Å². The molecule has 0 atom stereocenters. The van der Waals surface area contributed by atoms with E-state index in [4.69, 9.17) is 0 Å². The van der Waals surface area contributed by atoms with Crippen LogP contribution in [0.3, 0.4) is 0 Å². The average molecular weight is 1520 g/mol. The molecule has 112 heavy (non-hydrogen) atoms. The van der Waals surface area contributed by atoms with E-state index in [9.17, 15) is 22.2 Å². The van der Waals surface area contributed by atoms with Gasteiger partial charge in [0.2, 0.25) is 9.84 Å². The smallest absolute Gasteiger partial charge is 0.210 e. The Balaban J connectivity index is 0.000000152. The molecule has 20 rings (SSSR count). The highest BCUT2D eigenvalue weighted by Crippen LogP contribution is 2.51. The van der Waals surface area contributed by atoms with Crippen LogP contribution >= 0.6 is 22.7 Å². The standard InChI is InChI=1S/C50H32N2O4S3.C49H34N2OS/c1-58(54)46-14-6-2-10-40(46)51(41-11-3-7-15-47(41)58)36-24-18-32(19-25-36)34-22-28-38-44(30-34)57-45-31-35(23-29-39(45)50(38)53)33-20-26-37(27-21-33)52-42-12-4-8-16-48(42)59(55,56)49-17-9-5-13-43(49)52;52-49-45-31-25-37(35-21-27-43(28-22-35)50(39-13-5-1-6-14-39)40-15-7-2-8-16-40)33-47(45)53-48-34-38(26-32-46(48)49)36-23-29-44(30-24-36)51(41-17-9-3-10-18-41)42-19-11-4-12-20-42/h2-31H,1H2;1-34H. The van der Waals surface area contributed by atoms with E-state index in [0.29, 0.717) is 31.9 Å². The fraction of sp³-hybridized carbons (Fsp3) is 0. The third-order valence-corrected chi connectivity index (χ3v) is 27.1. The molecule has 4 heterocycles. The van der Waals surface area contributed by atoms with E-state index >= 15 is 0 Å². The van der Waals surface area contributed by atoms with Gasteiger partial charge in [0.25, 0.3) is 0 Å². The molecule has 9 nitrogen and oxygen atoms in total. The van der Waals surface area contributed by atoms with Crippen molar-refractivity contribution in [3.8, 4) is 44.5 Å². The van der Waals surface area contributed by atoms with Crippen LogP contribution in [0.1, 0.15) is 0 Å². The highest BCUT2D eigenvalue weighted by Gasteiger charge is 2.35. The summed E-state index contributed by atoms with van der Waals surface area (Å²) < 4.78 is 44.7. The van der Waals surface area contributed by atoms with Crippen LogP contribution in [0.5, 0.6) is 0 Å². The maximum atomic E-state index is 13.9. The van der Waals surface area contributed by atoms with E-state index in [1.165, 1.54) is 0 Å². The molecule has 0 saturated heterocycles. The van der Waals surface area contributed by atoms with Crippen molar-refractivity contribution in [3.05, 3.63) is 409 Å². The zero-order chi connectivity index (χ0) is 75.6. The number of fused-ring (bicyclic) bond motifs is 8. The van der Waals surface area contributed by atoms with Crippen molar-refractivity contribution in [2.75, 3.05) is 19.6 Å². The fourth-order valence-corrected chi connectivity index (χ4v) is 21.2. The van der Waals surface area contributed by atoms with E-state index in [1.807, 2.05) is 163 Å². The lowest BCUT2D eigenvalue weighted by atomic mass is 10.0. The number of hydrogen-bond acceptors (Lipinski definition) is 11. The van der Waals surface area contributed by atoms with Gasteiger partial charge in [-0.05, 0) is 245 Å². The lowest BCUT2D eigenvalue weighted by molar-refractivity contribution is 0.595. The minimum atomic E-state index is -3.66. The van der Waals surface area contributed by atoms with Crippen molar-refractivity contribution >= 4 is 156 Å². The summed E-state index contributed by atoms with van der Waals surface area (Å²) in [6.45, 7) is 0. The maximum absolute atomic E-state index is 13.9. The first-order valence-corrected chi connectivity index (χ1v) is 41.5. The van der Waals surface area contributed by atoms with Crippen LogP contribution in [-0.2, 0) is 19.4 Å². The quantitative estimate of drug-likeness (QED) is 0.0875. The zero-order valence-corrected chi connectivity index (χ0v) is 63.4. The van der Waals surface area contributed by atoms with Crippen LogP contribution in [0.25, 0.3) is 84.9 Å². The van der Waals surface area contributed by atoms with Crippen LogP contribution in [0, 0.1) is 0 Å². The molecule has 18 aromatic rings. The van der Waals surface area contributed by atoms with Crippen molar-refractivity contribution in [2.24, 2.45) is 0 Å². The van der Waals surface area contributed by atoms with Gasteiger partial charge in [0.15, 0.2) is 10.9 Å². The van der Waals surface area contributed by atoms with Gasteiger partial charge in [-0.1, -0.05) is 194 Å². The van der Waals surface area contributed by atoms with E-state index in [-0.39, 0.29) is 20.6 Å². The van der Waals surface area contributed by atoms with Gasteiger partial charge in [-0.3, -0.25) is 13.8 Å². The Hall–Kier alpha value is -13.5. The second-order valence-electron chi connectivity index (χ2n) is 27.6. The molecule has 0 bridgehead atoms. The third-order valence-electron chi connectivity index (χ3n) is 21.0. The Morgan fingerprint density at radius 1 is 0.241 bits per heavy atom. The van der Waals surface area contributed by atoms with Crippen LogP contribution in [0.15, 0.2) is 417 Å². The monoisotopic (exact) mass is 1520 g/mol. The Kier molecular flexibility index (Phi) is 17.5. The van der Waals surface area contributed by atoms with E-state index in [1.54, 1.807) is 46.9 Å². The molecule has 0 radical (unpaired) electrons. The van der Waals surface area contributed by atoms with E-state index < -0.39 is 19.4 Å². The summed E-state index contributed by atoms with van der Waals surface area (Å²) in [5.41, 5.74) is 19.7. The molecule has 0 fully saturated rings. The molecular formula is C99H66N4O5S4. The Labute approximate surface area is 656 Å². The third kappa shape index (κ3) is 12.4. The summed E-state index contributed by atoms with van der Waals surface area (Å²) in [6, 6.07) is 130. The van der Waals surface area contributed by atoms with Gasteiger partial charge in [0.05, 0.1) is 42.3 Å². The molecule has 16 aromatic carbocycles. The number of rotatable bonds is 12. The highest BCUT2D eigenvalue weighted by molar-refractivity contribution is 8.00. The van der Waals surface area contributed by atoms with Crippen LogP contribution in [0.2, 0.25) is 0 Å². The topological polar surface area (TPSA) is 98.3 Å². The van der Waals surface area contributed by atoms with Gasteiger partial charge in [-0.25, -0.2) is 8.42 Å². The van der Waals surface area contributed by atoms with Crippen molar-refractivity contribution < 1.29 is 12.6 Å². The van der Waals surface area contributed by atoms with Crippen molar-refractivity contribution in [2.45, 2.75) is 19.6 Å². The molecule has 2 aliphatic heterocycles. The molecule has 0 saturated carbocycles. The van der Waals surface area contributed by atoms with Gasteiger partial charge < -0.3 is 19.6 Å². The van der Waals surface area contributed by atoms with E-state index in [0.717, 1.165) is 131 Å². The molecular weight excluding hydrogens is 1450 g/mol. The second-order valence-corrected chi connectivity index (χ2v) is 33.9. The molecule has 0 amide bonds. The summed E-state index contributed by atoms with van der Waals surface area (Å²) in [4.78, 5) is 38.3. The van der Waals surface area contributed by atoms with Gasteiger partial charge >= 0.3 is 0 Å². The lowest BCUT2D eigenvalue weighted by Gasteiger charge is -2.35. The Bertz CT molecular complexity index is 6470. The maximum Gasteiger partial charge on any atom is 0.210 e. The second kappa shape index (κ2) is 28.5. The summed E-state index contributed by atoms with van der Waals surface area (Å²) >= 11 is 3.27. The highest BCUT2D eigenvalue weighted by atomic mass is 32.2. The van der Waals surface area contributed by atoms with E-state index in [2.05, 4.69) is 227 Å². The first-order chi connectivity index (χ1) is 54.9. The summed E-state index contributed by atoms with van der Waals surface area (Å²) in [5.74, 6) is 4.16. The number of para-hydroxylation sites is 8. The van der Waals surface area contributed by atoms with Crippen molar-refractivity contribution in [1.82, 2.24) is 0 Å². The van der Waals surface area contributed by atoms with Crippen LogP contribution < -0.4 is 30.5 Å². The predicted octanol–water partition coefficient (Wildman–Crippen LogP) is 26.0. The number of benzene rings is 16. The first-order valence-electron chi connectivity index (χ1n) is 36.7. The largest absolute Gasteiger partial charge is 0.311 e. The van der Waals surface area contributed by atoms with Gasteiger partial charge in [0.1, 0.15) is 0 Å². The molecule has 13 heteroatoms. The molecule has 0 N–H and O–H groups in total. The number of hydrogen-bond donors (Lipinski definition) is 0. The Morgan fingerprint density at radius 3 is 0.750 bits per heavy atom. The van der Waals surface area contributed by atoms with Crippen molar-refractivity contribution in [1.29, 1.82) is 0 Å². The summed E-state index contributed by atoms with van der Waals surface area (Å²) in [6.07, 6.45) is 0. The number of nitrogens with zero attached hydrogens (tertiary/aromatic N) is 4. The average Bonchev–Trinajstić information content (AvgIpc) is 0.732. The molecule has 2 aliphatic rings. The minimum Gasteiger partial charge on any atom is -0.311 e. The van der Waals surface area contributed by atoms with Crippen LogP contribution in [0.4, 0.5) is 68.2 Å². The number of sulfone groups is 1. The van der Waals surface area contributed by atoms with Crippen molar-refractivity contribution in [3.63, 3.8) is 0 Å². The Morgan fingerprint density at radius 2 is 0.464 bits per heavy atom. The van der Waals surface area contributed by atoms with Gasteiger partial charge in [-0.2, -0.15) is 0 Å². The molecule has 0 aliphatic carbocycles. The van der Waals surface area contributed by atoms with Gasteiger partial charge in [0, 0.05) is 95.4 Å². The molecule has 536 valence electrons. The molecule has 0 unspecified atom stereocenters. The summed E-state index contributed by atoms with van der Waals surface area (Å²) in [5, 5.41) is 2.86. The zero-order valence-electron chi connectivity index (χ0n) is 60.1.